The molecule has 120 valence electrons. The number of halogens is 2. The molecule has 0 saturated carbocycles. The minimum absolute atomic E-state index is 0.0580. The van der Waals surface area contributed by atoms with Crippen LogP contribution in [0.4, 0.5) is 0 Å². The van der Waals surface area contributed by atoms with Gasteiger partial charge in [-0.15, -0.1) is 0 Å². The van der Waals surface area contributed by atoms with Gasteiger partial charge in [0.2, 0.25) is 0 Å². The van der Waals surface area contributed by atoms with E-state index in [1.807, 2.05) is 13.8 Å². The van der Waals surface area contributed by atoms with Gasteiger partial charge in [-0.05, 0) is 26.0 Å². The first kappa shape index (κ1) is 15.9. The quantitative estimate of drug-likeness (QED) is 0.850. The third-order valence-corrected chi connectivity index (χ3v) is 4.45. The lowest BCUT2D eigenvalue weighted by Gasteiger charge is -2.45. The number of nitrogens with zero attached hydrogens (tertiary/aromatic N) is 1. The Labute approximate surface area is 138 Å². The Morgan fingerprint density at radius 2 is 2.09 bits per heavy atom. The summed E-state index contributed by atoms with van der Waals surface area (Å²) in [7, 11) is 0. The zero-order valence-electron chi connectivity index (χ0n) is 12.3. The van der Waals surface area contributed by atoms with Crippen molar-refractivity contribution in [3.63, 3.8) is 0 Å². The van der Waals surface area contributed by atoms with Gasteiger partial charge in [-0.2, -0.15) is 0 Å². The predicted octanol–water partition coefficient (Wildman–Crippen LogP) is 2.72. The van der Waals surface area contributed by atoms with E-state index < -0.39 is 5.60 Å². The number of hydrogen-bond donors (Lipinski definition) is 1. The zero-order chi connectivity index (χ0) is 16.1. The molecule has 5 nitrogen and oxygen atoms in total. The Morgan fingerprint density at radius 3 is 2.82 bits per heavy atom. The standard InChI is InChI=1S/C15H17Cl2NO4/c1-15(2)7-18(11-5-21-6-12(11)22-15)14(20)9-3-8(16)4-10(17)13(9)19/h3-4,11-12,19H,5-7H2,1-2H3/t11-,12-/m1/s1. The summed E-state index contributed by atoms with van der Waals surface area (Å²) in [5.74, 6) is -0.574. The van der Waals surface area contributed by atoms with Gasteiger partial charge in [0.1, 0.15) is 11.9 Å². The fraction of sp³-hybridized carbons (Fsp3) is 0.533. The summed E-state index contributed by atoms with van der Waals surface area (Å²) in [6.07, 6.45) is -0.163. The summed E-state index contributed by atoms with van der Waals surface area (Å²) >= 11 is 11.9. The summed E-state index contributed by atoms with van der Waals surface area (Å²) in [4.78, 5) is 14.6. The number of aromatic hydroxyl groups is 1. The second kappa shape index (κ2) is 5.57. The first-order valence-electron chi connectivity index (χ1n) is 7.03. The summed E-state index contributed by atoms with van der Waals surface area (Å²) in [5.41, 5.74) is -0.386. The highest BCUT2D eigenvalue weighted by Crippen LogP contribution is 2.35. The van der Waals surface area contributed by atoms with E-state index in [1.54, 1.807) is 4.90 Å². The molecule has 2 aliphatic rings. The van der Waals surface area contributed by atoms with E-state index in [0.717, 1.165) is 0 Å². The third kappa shape index (κ3) is 2.78. The average Bonchev–Trinajstić information content (AvgIpc) is 2.87. The molecule has 1 N–H and O–H groups in total. The van der Waals surface area contributed by atoms with Crippen LogP contribution in [-0.2, 0) is 9.47 Å². The van der Waals surface area contributed by atoms with Crippen LogP contribution >= 0.6 is 23.2 Å². The molecule has 2 atom stereocenters. The first-order chi connectivity index (χ1) is 10.3. The van der Waals surface area contributed by atoms with E-state index in [9.17, 15) is 9.90 Å². The fourth-order valence-electron chi connectivity index (χ4n) is 3.01. The van der Waals surface area contributed by atoms with Crippen molar-refractivity contribution in [3.8, 4) is 5.75 Å². The summed E-state index contributed by atoms with van der Waals surface area (Å²) in [6.45, 7) is 5.13. The number of phenolic OH excluding ortho intramolecular Hbond substituents is 1. The first-order valence-corrected chi connectivity index (χ1v) is 7.78. The summed E-state index contributed by atoms with van der Waals surface area (Å²) in [5, 5.41) is 10.5. The lowest BCUT2D eigenvalue weighted by atomic mass is 9.99. The van der Waals surface area contributed by atoms with Crippen molar-refractivity contribution in [1.29, 1.82) is 0 Å². The van der Waals surface area contributed by atoms with Crippen LogP contribution in [-0.4, -0.2) is 53.4 Å². The molecule has 2 saturated heterocycles. The van der Waals surface area contributed by atoms with Crippen molar-refractivity contribution >= 4 is 29.1 Å². The number of morpholine rings is 1. The molecule has 2 aliphatic heterocycles. The molecule has 22 heavy (non-hydrogen) atoms. The van der Waals surface area contributed by atoms with Gasteiger partial charge in [0, 0.05) is 11.6 Å². The molecule has 1 amide bonds. The molecular weight excluding hydrogens is 329 g/mol. The Bertz CT molecular complexity index is 620. The Morgan fingerprint density at radius 1 is 1.36 bits per heavy atom. The highest BCUT2D eigenvalue weighted by atomic mass is 35.5. The molecule has 7 heteroatoms. The number of rotatable bonds is 1. The Balaban J connectivity index is 1.97. The lowest BCUT2D eigenvalue weighted by Crippen LogP contribution is -2.60. The predicted molar refractivity (Wildman–Crippen MR) is 82.7 cm³/mol. The summed E-state index contributed by atoms with van der Waals surface area (Å²) in [6, 6.07) is 2.66. The minimum Gasteiger partial charge on any atom is -0.506 e. The van der Waals surface area contributed by atoms with Gasteiger partial charge in [0.25, 0.3) is 5.91 Å². The number of hydrogen-bond acceptors (Lipinski definition) is 4. The van der Waals surface area contributed by atoms with E-state index in [0.29, 0.717) is 24.8 Å². The molecule has 2 fully saturated rings. The number of carbonyl (C=O) groups excluding carboxylic acids is 1. The molecule has 3 rings (SSSR count). The highest BCUT2D eigenvalue weighted by Gasteiger charge is 2.46. The van der Waals surface area contributed by atoms with E-state index in [2.05, 4.69) is 0 Å². The molecule has 0 aromatic heterocycles. The SMILES string of the molecule is CC1(C)CN(C(=O)c2cc(Cl)cc(Cl)c2O)[C@@H]2COC[C@H]2O1. The van der Waals surface area contributed by atoms with Gasteiger partial charge in [-0.3, -0.25) is 4.79 Å². The Hall–Kier alpha value is -1.01. The number of ether oxygens (including phenoxy) is 2. The van der Waals surface area contributed by atoms with Crippen LogP contribution in [0.25, 0.3) is 0 Å². The lowest BCUT2D eigenvalue weighted by molar-refractivity contribution is -0.137. The van der Waals surface area contributed by atoms with Crippen LogP contribution in [0.5, 0.6) is 5.75 Å². The largest absolute Gasteiger partial charge is 0.506 e. The van der Waals surface area contributed by atoms with Crippen LogP contribution in [0.2, 0.25) is 10.0 Å². The van der Waals surface area contributed by atoms with Crippen LogP contribution in [0.15, 0.2) is 12.1 Å². The number of amides is 1. The second-order valence-corrected chi connectivity index (χ2v) is 7.08. The number of fused-ring (bicyclic) bond motifs is 1. The maximum Gasteiger partial charge on any atom is 0.258 e. The minimum atomic E-state index is -0.484. The average molecular weight is 346 g/mol. The van der Waals surface area contributed by atoms with Crippen molar-refractivity contribution in [2.24, 2.45) is 0 Å². The highest BCUT2D eigenvalue weighted by molar-refractivity contribution is 6.36. The smallest absolute Gasteiger partial charge is 0.258 e. The maximum atomic E-state index is 12.9. The molecule has 0 bridgehead atoms. The van der Waals surface area contributed by atoms with Crippen molar-refractivity contribution in [2.75, 3.05) is 19.8 Å². The third-order valence-electron chi connectivity index (χ3n) is 3.94. The maximum absolute atomic E-state index is 12.9. The molecule has 0 aliphatic carbocycles. The van der Waals surface area contributed by atoms with E-state index in [-0.39, 0.29) is 34.4 Å². The number of phenols is 1. The van der Waals surface area contributed by atoms with Crippen molar-refractivity contribution in [2.45, 2.75) is 31.6 Å². The van der Waals surface area contributed by atoms with E-state index in [4.69, 9.17) is 32.7 Å². The van der Waals surface area contributed by atoms with E-state index >= 15 is 0 Å². The molecule has 0 radical (unpaired) electrons. The van der Waals surface area contributed by atoms with Crippen molar-refractivity contribution in [1.82, 2.24) is 4.90 Å². The van der Waals surface area contributed by atoms with Gasteiger partial charge >= 0.3 is 0 Å². The van der Waals surface area contributed by atoms with Crippen LogP contribution < -0.4 is 0 Å². The molecule has 1 aromatic carbocycles. The van der Waals surface area contributed by atoms with Crippen molar-refractivity contribution in [3.05, 3.63) is 27.7 Å². The summed E-state index contributed by atoms with van der Waals surface area (Å²) < 4.78 is 11.4. The topological polar surface area (TPSA) is 59.0 Å². The fourth-order valence-corrected chi connectivity index (χ4v) is 3.50. The normalized spacial score (nSPS) is 26.8. The van der Waals surface area contributed by atoms with Gasteiger partial charge in [0.15, 0.2) is 0 Å². The Kier molecular flexibility index (Phi) is 4.01. The zero-order valence-corrected chi connectivity index (χ0v) is 13.8. The molecular formula is C15H17Cl2NO4. The number of carbonyl (C=O) groups is 1. The molecule has 0 unspecified atom stereocenters. The van der Waals surface area contributed by atoms with Crippen LogP contribution in [0.3, 0.4) is 0 Å². The van der Waals surface area contributed by atoms with Gasteiger partial charge in [-0.25, -0.2) is 0 Å². The molecule has 2 heterocycles. The second-order valence-electron chi connectivity index (χ2n) is 6.24. The molecule has 0 spiro atoms. The van der Waals surface area contributed by atoms with E-state index in [1.165, 1.54) is 12.1 Å². The van der Waals surface area contributed by atoms with Gasteiger partial charge in [0.05, 0.1) is 35.4 Å². The van der Waals surface area contributed by atoms with Crippen molar-refractivity contribution < 1.29 is 19.4 Å². The monoisotopic (exact) mass is 345 g/mol. The van der Waals surface area contributed by atoms with Gasteiger partial charge in [-0.1, -0.05) is 23.2 Å². The number of benzene rings is 1. The van der Waals surface area contributed by atoms with Crippen LogP contribution in [0, 0.1) is 0 Å². The van der Waals surface area contributed by atoms with Gasteiger partial charge < -0.3 is 19.5 Å². The molecule has 1 aromatic rings. The van der Waals surface area contributed by atoms with Crippen LogP contribution in [0.1, 0.15) is 24.2 Å².